The highest BCUT2D eigenvalue weighted by Crippen LogP contribution is 2.22. The third-order valence-electron chi connectivity index (χ3n) is 4.22. The van der Waals surface area contributed by atoms with E-state index in [0.29, 0.717) is 6.61 Å². The van der Waals surface area contributed by atoms with Gasteiger partial charge in [-0.15, -0.1) is 0 Å². The molecule has 0 atom stereocenters. The van der Waals surface area contributed by atoms with Gasteiger partial charge in [-0.1, -0.05) is 86.3 Å². The van der Waals surface area contributed by atoms with Gasteiger partial charge in [0.05, 0.1) is 13.2 Å². The van der Waals surface area contributed by atoms with Crippen LogP contribution in [0.25, 0.3) is 11.1 Å². The van der Waals surface area contributed by atoms with Gasteiger partial charge in [0.15, 0.2) is 0 Å². The van der Waals surface area contributed by atoms with Gasteiger partial charge < -0.3 is 9.47 Å². The highest BCUT2D eigenvalue weighted by molar-refractivity contribution is 6.40. The molecule has 2 rings (SSSR count). The van der Waals surface area contributed by atoms with Gasteiger partial charge >= 0.3 is 5.97 Å². The van der Waals surface area contributed by atoms with Crippen LogP contribution in [0.4, 0.5) is 0 Å². The van der Waals surface area contributed by atoms with Crippen molar-refractivity contribution < 1.29 is 14.3 Å². The first kappa shape index (κ1) is 21.0. The number of unbranched alkanes of at least 4 members (excludes halogenated alkanes) is 5. The summed E-state index contributed by atoms with van der Waals surface area (Å²) in [5.74, 6) is 0.392. The summed E-state index contributed by atoms with van der Waals surface area (Å²) in [6.07, 6.45) is 6.38. The molecule has 0 heterocycles. The topological polar surface area (TPSA) is 35.5 Å². The van der Waals surface area contributed by atoms with Crippen LogP contribution in [0.1, 0.15) is 38.5 Å². The first-order valence-electron chi connectivity index (χ1n) is 9.46. The molecule has 0 aromatic heterocycles. The first-order valence-corrected chi connectivity index (χ1v) is 9.84. The van der Waals surface area contributed by atoms with Crippen molar-refractivity contribution in [3.05, 3.63) is 66.2 Å². The minimum atomic E-state index is -0.523. The van der Waals surface area contributed by atoms with Gasteiger partial charge in [-0.25, -0.2) is 4.79 Å². The quantitative estimate of drug-likeness (QED) is 0.241. The normalized spacial score (nSPS) is 10.4. The monoisotopic (exact) mass is 386 g/mol. The van der Waals surface area contributed by atoms with E-state index in [9.17, 15) is 4.79 Å². The zero-order valence-corrected chi connectivity index (χ0v) is 16.4. The van der Waals surface area contributed by atoms with Gasteiger partial charge in [0.2, 0.25) is 0 Å². The van der Waals surface area contributed by atoms with Gasteiger partial charge in [-0.2, -0.15) is 0 Å². The second-order valence-corrected chi connectivity index (χ2v) is 6.86. The van der Waals surface area contributed by atoms with Crippen molar-refractivity contribution in [1.29, 1.82) is 0 Å². The number of carbonyl (C=O) groups excluding carboxylic acids is 1. The Morgan fingerprint density at radius 3 is 1.96 bits per heavy atom. The molecule has 0 amide bonds. The maximum atomic E-state index is 11.1. The number of hydrogen-bond donors (Lipinski definition) is 0. The van der Waals surface area contributed by atoms with Crippen LogP contribution in [0.15, 0.2) is 66.2 Å². The Bertz CT molecular complexity index is 695. The van der Waals surface area contributed by atoms with E-state index in [1.54, 1.807) is 0 Å². The molecule has 0 aliphatic rings. The molecule has 2 aromatic rings. The molecule has 2 aromatic carbocycles. The minimum Gasteiger partial charge on any atom is -0.494 e. The predicted octanol–water partition coefficient (Wildman–Crippen LogP) is 6.37. The van der Waals surface area contributed by atoms with Crippen LogP contribution in [0.3, 0.4) is 0 Å². The highest BCUT2D eigenvalue weighted by Gasteiger charge is 2.04. The Kier molecular flexibility index (Phi) is 9.50. The van der Waals surface area contributed by atoms with Gasteiger partial charge in [0.1, 0.15) is 10.8 Å². The maximum Gasteiger partial charge on any atom is 0.349 e. The summed E-state index contributed by atoms with van der Waals surface area (Å²) in [5, 5.41) is -0.0651. The Hall–Kier alpha value is -2.26. The number of rotatable bonds is 12. The highest BCUT2D eigenvalue weighted by atomic mass is 35.5. The molecule has 0 fully saturated rings. The summed E-state index contributed by atoms with van der Waals surface area (Å²) in [7, 11) is 0. The Morgan fingerprint density at radius 2 is 1.33 bits per heavy atom. The molecule has 0 unspecified atom stereocenters. The largest absolute Gasteiger partial charge is 0.494 e. The van der Waals surface area contributed by atoms with Gasteiger partial charge in [0, 0.05) is 0 Å². The Labute approximate surface area is 167 Å². The molecular formula is C23H27ClO3. The van der Waals surface area contributed by atoms with Gasteiger partial charge in [-0.05, 0) is 36.1 Å². The van der Waals surface area contributed by atoms with Crippen molar-refractivity contribution in [3.63, 3.8) is 0 Å². The average Bonchev–Trinajstić information content (AvgIpc) is 2.70. The molecule has 27 heavy (non-hydrogen) atoms. The molecule has 3 nitrogen and oxygen atoms in total. The van der Waals surface area contributed by atoms with Crippen LogP contribution in [-0.4, -0.2) is 19.2 Å². The third kappa shape index (κ3) is 8.31. The van der Waals surface area contributed by atoms with E-state index < -0.39 is 5.97 Å². The zero-order chi connectivity index (χ0) is 19.3. The maximum absolute atomic E-state index is 11.1. The predicted molar refractivity (Wildman–Crippen MR) is 111 cm³/mol. The zero-order valence-electron chi connectivity index (χ0n) is 15.7. The molecule has 144 valence electrons. The number of carbonyl (C=O) groups is 1. The van der Waals surface area contributed by atoms with Crippen LogP contribution in [-0.2, 0) is 9.53 Å². The van der Waals surface area contributed by atoms with Crippen molar-refractivity contribution >= 4 is 17.6 Å². The molecule has 0 radical (unpaired) electrons. The summed E-state index contributed by atoms with van der Waals surface area (Å²) in [5.41, 5.74) is 2.41. The van der Waals surface area contributed by atoms with E-state index in [4.69, 9.17) is 21.1 Å². The van der Waals surface area contributed by atoms with E-state index in [2.05, 4.69) is 30.8 Å². The van der Waals surface area contributed by atoms with Crippen LogP contribution < -0.4 is 4.74 Å². The summed E-state index contributed by atoms with van der Waals surface area (Å²) < 4.78 is 10.8. The molecule has 0 aliphatic heterocycles. The molecule has 0 saturated heterocycles. The smallest absolute Gasteiger partial charge is 0.349 e. The average molecular weight is 387 g/mol. The fourth-order valence-electron chi connectivity index (χ4n) is 2.72. The van der Waals surface area contributed by atoms with E-state index in [1.807, 2.05) is 30.3 Å². The summed E-state index contributed by atoms with van der Waals surface area (Å²) >= 11 is 5.44. The number of benzene rings is 2. The third-order valence-corrected chi connectivity index (χ3v) is 4.38. The lowest BCUT2D eigenvalue weighted by Crippen LogP contribution is -2.04. The number of halogens is 1. The summed E-state index contributed by atoms with van der Waals surface area (Å²) in [6.45, 7) is 4.48. The second kappa shape index (κ2) is 12.2. The van der Waals surface area contributed by atoms with Crippen molar-refractivity contribution in [2.75, 3.05) is 13.2 Å². The molecule has 0 bridgehead atoms. The lowest BCUT2D eigenvalue weighted by molar-refractivity contribution is -0.138. The Morgan fingerprint density at radius 1 is 0.778 bits per heavy atom. The van der Waals surface area contributed by atoms with Gasteiger partial charge in [-0.3, -0.25) is 0 Å². The second-order valence-electron chi connectivity index (χ2n) is 6.40. The Balaban J connectivity index is 1.50. The number of hydrogen-bond acceptors (Lipinski definition) is 3. The summed E-state index contributed by atoms with van der Waals surface area (Å²) in [6, 6.07) is 18.6. The van der Waals surface area contributed by atoms with Crippen LogP contribution in [0.5, 0.6) is 5.75 Å². The molecule has 0 N–H and O–H groups in total. The van der Waals surface area contributed by atoms with Gasteiger partial charge in [0.25, 0.3) is 0 Å². The molecule has 0 saturated carbocycles. The molecule has 4 heteroatoms. The van der Waals surface area contributed by atoms with Crippen molar-refractivity contribution in [1.82, 2.24) is 0 Å². The number of esters is 1. The van der Waals surface area contributed by atoms with Crippen LogP contribution >= 0.6 is 11.6 Å². The standard InChI is InChI=1S/C23H27ClO3/c1-19(24)23(25)27-18-10-5-3-2-4-9-17-26-22-15-13-21(14-16-22)20-11-7-6-8-12-20/h6-8,11-16H,1-5,9-10,17-18H2. The fourth-order valence-corrected chi connectivity index (χ4v) is 2.77. The summed E-state index contributed by atoms with van der Waals surface area (Å²) in [4.78, 5) is 11.1. The van der Waals surface area contributed by atoms with Crippen LogP contribution in [0, 0.1) is 0 Å². The van der Waals surface area contributed by atoms with Crippen molar-refractivity contribution in [2.24, 2.45) is 0 Å². The first-order chi connectivity index (χ1) is 13.2. The molecular weight excluding hydrogens is 360 g/mol. The van der Waals surface area contributed by atoms with Crippen molar-refractivity contribution in [3.8, 4) is 16.9 Å². The van der Waals surface area contributed by atoms with Crippen LogP contribution in [0.2, 0.25) is 0 Å². The molecule has 0 aliphatic carbocycles. The van der Waals surface area contributed by atoms with E-state index >= 15 is 0 Å². The fraction of sp³-hybridized carbons (Fsp3) is 0.348. The SMILES string of the molecule is C=C(Cl)C(=O)OCCCCCCCCOc1ccc(-c2ccccc2)cc1. The lowest BCUT2D eigenvalue weighted by atomic mass is 10.1. The molecule has 0 spiro atoms. The number of ether oxygens (including phenoxy) is 2. The lowest BCUT2D eigenvalue weighted by Gasteiger charge is -2.08. The van der Waals surface area contributed by atoms with E-state index in [-0.39, 0.29) is 5.03 Å². The van der Waals surface area contributed by atoms with E-state index in [0.717, 1.165) is 50.9 Å². The van der Waals surface area contributed by atoms with Crippen molar-refractivity contribution in [2.45, 2.75) is 38.5 Å². The minimum absolute atomic E-state index is 0.0651. The van der Waals surface area contributed by atoms with E-state index in [1.165, 1.54) is 11.1 Å².